The van der Waals surface area contributed by atoms with E-state index in [4.69, 9.17) is 11.1 Å². The summed E-state index contributed by atoms with van der Waals surface area (Å²) < 4.78 is 61.4. The number of hydrogen-bond acceptors (Lipinski definition) is 2. The van der Waals surface area contributed by atoms with E-state index in [1.54, 1.807) is 0 Å². The topological polar surface area (TPSA) is 101 Å². The minimum Gasteiger partial charge on any atom is -0.205 e. The second kappa shape index (κ2) is 18.4. The van der Waals surface area contributed by atoms with Crippen molar-refractivity contribution in [2.75, 3.05) is 13.6 Å². The molecule has 0 aliphatic carbocycles. The number of benzene rings is 4. The van der Waals surface area contributed by atoms with Gasteiger partial charge in [0.15, 0.2) is 12.4 Å². The molecule has 14 heteroatoms. The van der Waals surface area contributed by atoms with Crippen molar-refractivity contribution >= 4 is 31.1 Å². The number of rotatable bonds is 11. The van der Waals surface area contributed by atoms with Crippen LogP contribution in [0.15, 0.2) is 150 Å². The number of aryl methyl sites for hydroxylation is 1. The van der Waals surface area contributed by atoms with Gasteiger partial charge in [0.05, 0.1) is 0 Å². The largest absolute Gasteiger partial charge is 0.205 e. The third-order valence-corrected chi connectivity index (χ3v) is 7.10. The second-order valence-electron chi connectivity index (χ2n) is 11.1. The number of hydrogen-bond donors (Lipinski definition) is 0. The van der Waals surface area contributed by atoms with Gasteiger partial charge in [-0.15, -0.1) is 0 Å². The third-order valence-electron chi connectivity index (χ3n) is 7.10. The van der Waals surface area contributed by atoms with Crippen LogP contribution >= 0.6 is 7.81 Å². The van der Waals surface area contributed by atoms with Crippen LogP contribution in [0.25, 0.3) is 44.2 Å². The van der Waals surface area contributed by atoms with Crippen LogP contribution in [0, 0.1) is 0 Å². The van der Waals surface area contributed by atoms with Crippen molar-refractivity contribution in [3.63, 3.8) is 0 Å². The summed E-state index contributed by atoms with van der Waals surface area (Å²) in [5, 5.41) is 6.51. The van der Waals surface area contributed by atoms with Crippen LogP contribution in [-0.4, -0.2) is 13.6 Å². The summed E-state index contributed by atoms with van der Waals surface area (Å²) in [6.45, 7) is 1.47. The van der Waals surface area contributed by atoms with Crippen molar-refractivity contribution < 1.29 is 29.7 Å². The van der Waals surface area contributed by atoms with E-state index >= 15 is 0 Å². The Labute approximate surface area is 297 Å². The molecule has 1 aromatic heterocycles. The molecule has 5 rings (SSSR count). The monoisotopic (exact) mass is 735 g/mol. The smallest absolute Gasteiger partial charge is 0.169 e. The summed E-state index contributed by atoms with van der Waals surface area (Å²) in [6.07, 6.45) is 10.4. The third kappa shape index (κ3) is 16.2. The van der Waals surface area contributed by atoms with E-state index in [2.05, 4.69) is 177 Å². The Balaban J connectivity index is 0.000000579. The second-order valence-corrected chi connectivity index (χ2v) is 13.0. The molecule has 0 radical (unpaired) electrons. The Morgan fingerprint density at radius 3 is 1.31 bits per heavy atom. The number of halogens is 6. The van der Waals surface area contributed by atoms with Gasteiger partial charge in [-0.05, 0) is 62.0 Å². The number of aromatic nitrogens is 1. The van der Waals surface area contributed by atoms with E-state index in [1.165, 1.54) is 40.4 Å². The molecule has 0 saturated heterocycles. The molecule has 0 saturated carbocycles. The molecule has 0 amide bonds. The summed E-state index contributed by atoms with van der Waals surface area (Å²) in [4.78, 5) is 5.17. The molecule has 0 aliphatic heterocycles. The van der Waals surface area contributed by atoms with Gasteiger partial charge in [-0.3, -0.25) is 0 Å². The summed E-state index contributed by atoms with van der Waals surface area (Å²) in [5.74, 6) is 0. The van der Waals surface area contributed by atoms with Gasteiger partial charge in [0.1, 0.15) is 6.54 Å². The molecule has 0 atom stereocenters. The van der Waals surface area contributed by atoms with Crippen LogP contribution in [-0.2, 0) is 6.54 Å². The Kier molecular flexibility index (Phi) is 14.4. The molecule has 0 unspecified atom stereocenters. The van der Waals surface area contributed by atoms with E-state index in [1.807, 2.05) is 0 Å². The van der Waals surface area contributed by atoms with Gasteiger partial charge in [0, 0.05) is 42.0 Å². The fourth-order valence-electron chi connectivity index (χ4n) is 4.93. The Morgan fingerprint density at radius 1 is 0.577 bits per heavy atom. The summed E-state index contributed by atoms with van der Waals surface area (Å²) in [6, 6.07) is 45.0. The first-order valence-corrected chi connectivity index (χ1v) is 17.9. The van der Waals surface area contributed by atoms with E-state index in [0.29, 0.717) is 6.54 Å². The molecule has 5 aromatic rings. The predicted octanol–water partition coefficient (Wildman–Crippen LogP) is 13.6. The fraction of sp³-hybridized carbons (Fsp3) is 0.132. The zero-order valence-electron chi connectivity index (χ0n) is 28.1. The van der Waals surface area contributed by atoms with Crippen molar-refractivity contribution in [2.45, 2.75) is 19.4 Å². The van der Waals surface area contributed by atoms with Crippen molar-refractivity contribution in [1.82, 2.24) is 0 Å². The van der Waals surface area contributed by atoms with Crippen LogP contribution < -0.4 is 4.57 Å². The number of azide groups is 2. The van der Waals surface area contributed by atoms with Crippen molar-refractivity contribution in [3.8, 4) is 0 Å². The number of nitrogens with zero attached hydrogens (tertiary/aromatic N) is 7. The first-order chi connectivity index (χ1) is 24.7. The van der Waals surface area contributed by atoms with Crippen LogP contribution in [0.2, 0.25) is 0 Å². The minimum atomic E-state index is -10.7. The van der Waals surface area contributed by atoms with Crippen molar-refractivity contribution in [2.24, 2.45) is 10.2 Å². The molecule has 0 aliphatic rings. The van der Waals surface area contributed by atoms with Gasteiger partial charge < -0.3 is 0 Å². The summed E-state index contributed by atoms with van der Waals surface area (Å²) in [7, 11) is -9.27. The summed E-state index contributed by atoms with van der Waals surface area (Å²) >= 11 is 0. The van der Waals surface area contributed by atoms with Crippen LogP contribution in [0.4, 0.5) is 25.2 Å². The fourth-order valence-corrected chi connectivity index (χ4v) is 4.93. The average molecular weight is 736 g/mol. The molecule has 4 aromatic carbocycles. The van der Waals surface area contributed by atoms with Gasteiger partial charge in [-0.25, -0.2) is 4.57 Å². The number of pyridine rings is 1. The molecule has 0 N–H and O–H groups in total. The maximum absolute atomic E-state index is 10.7. The number of unbranched alkanes of at least 4 members (excludes halogenated alkanes) is 1. The molecule has 1 heterocycles. The predicted molar refractivity (Wildman–Crippen MR) is 198 cm³/mol. The standard InChI is InChI=1S/C37H33N4.CH3N3.F6P/c38-40-39-26-10-11-27-41-28-24-31(25-29-41)19-18-30-20-22-35(23-21-30)37(34-16-8-3-9-17-34)36(32-12-4-1-5-13-32)33-14-6-2-7-15-33;1-3-4-2;1-7(2,3,4,5)6/h1-9,12-25,28-29H,10-11,26-27H2;1H3;/q+1;;-1/b19-18+;;. The first-order valence-electron chi connectivity index (χ1n) is 15.9. The zero-order chi connectivity index (χ0) is 37.9. The molecule has 0 spiro atoms. The van der Waals surface area contributed by atoms with E-state index in [-0.39, 0.29) is 0 Å². The zero-order valence-corrected chi connectivity index (χ0v) is 29.0. The minimum absolute atomic E-state index is 0.555. The van der Waals surface area contributed by atoms with Gasteiger partial charge in [0.2, 0.25) is 0 Å². The average Bonchev–Trinajstić information content (AvgIpc) is 3.13. The Bertz CT molecular complexity index is 1960. The van der Waals surface area contributed by atoms with Gasteiger partial charge in [-0.2, -0.15) is 0 Å². The first kappa shape index (κ1) is 40.6. The summed E-state index contributed by atoms with van der Waals surface area (Å²) in [5.41, 5.74) is 25.2. The van der Waals surface area contributed by atoms with Gasteiger partial charge >= 0.3 is 33.0 Å². The SMILES string of the molecule is CN=[N+]=[N-].F[P-](F)(F)(F)(F)F.[N-]=[N+]=NCCCC[n+]1ccc(/C=C/c2ccc(C(=C(c3ccccc3)c3ccccc3)c3ccccc3)cc2)cc1. The van der Waals surface area contributed by atoms with Gasteiger partial charge in [0.25, 0.3) is 0 Å². The van der Waals surface area contributed by atoms with Gasteiger partial charge in [-0.1, -0.05) is 138 Å². The molecular formula is C38H36F6N7P. The van der Waals surface area contributed by atoms with Crippen molar-refractivity contribution in [1.29, 1.82) is 0 Å². The van der Waals surface area contributed by atoms with Crippen molar-refractivity contribution in [3.05, 3.63) is 194 Å². The molecular weight excluding hydrogens is 699 g/mol. The molecule has 52 heavy (non-hydrogen) atoms. The van der Waals surface area contributed by atoms with E-state index in [9.17, 15) is 25.2 Å². The van der Waals surface area contributed by atoms with Crippen LogP contribution in [0.1, 0.15) is 46.2 Å². The normalized spacial score (nSPS) is 11.9. The molecule has 0 fully saturated rings. The maximum Gasteiger partial charge on any atom is 0.169 e. The van der Waals surface area contributed by atoms with E-state index in [0.717, 1.165) is 30.5 Å². The molecule has 7 nitrogen and oxygen atoms in total. The molecule has 270 valence electrons. The van der Waals surface area contributed by atoms with E-state index < -0.39 is 7.81 Å². The van der Waals surface area contributed by atoms with Crippen LogP contribution in [0.5, 0.6) is 0 Å². The van der Waals surface area contributed by atoms with Crippen LogP contribution in [0.3, 0.4) is 0 Å². The Hall–Kier alpha value is -5.86. The maximum atomic E-state index is 9.87. The molecule has 0 bridgehead atoms. The Morgan fingerprint density at radius 2 is 0.942 bits per heavy atom. The quantitative estimate of drug-likeness (QED) is 0.0188.